The monoisotopic (exact) mass is 208 g/mol. The van der Waals surface area contributed by atoms with Gasteiger partial charge in [0.15, 0.2) is 0 Å². The fourth-order valence-corrected chi connectivity index (χ4v) is 1.05. The number of nitrogen functional groups attached to an aromatic ring is 1. The van der Waals surface area contributed by atoms with Crippen LogP contribution >= 0.6 is 0 Å². The lowest BCUT2D eigenvalue weighted by atomic mass is 10.1. The van der Waals surface area contributed by atoms with Crippen molar-refractivity contribution in [3.63, 3.8) is 0 Å². The molecule has 1 aromatic rings. The van der Waals surface area contributed by atoms with Crippen molar-refractivity contribution in [3.05, 3.63) is 29.8 Å². The lowest BCUT2D eigenvalue weighted by Crippen LogP contribution is -2.46. The molecule has 0 heterocycles. The highest BCUT2D eigenvalue weighted by Gasteiger charge is 2.19. The van der Waals surface area contributed by atoms with Crippen LogP contribution in [0.2, 0.25) is 0 Å². The molecule has 0 aliphatic carbocycles. The lowest BCUT2D eigenvalue weighted by molar-refractivity contribution is 0.0869. The molecule has 0 saturated heterocycles. The smallest absolute Gasteiger partial charge is 0.251 e. The van der Waals surface area contributed by atoms with Gasteiger partial charge in [-0.2, -0.15) is 0 Å². The molecule has 0 aliphatic heterocycles. The van der Waals surface area contributed by atoms with Gasteiger partial charge >= 0.3 is 0 Å². The van der Waals surface area contributed by atoms with Gasteiger partial charge in [0, 0.05) is 11.3 Å². The first kappa shape index (κ1) is 11.5. The molecule has 0 aromatic heterocycles. The maximum atomic E-state index is 11.7. The average Bonchev–Trinajstić information content (AvgIpc) is 2.18. The average molecular weight is 208 g/mol. The summed E-state index contributed by atoms with van der Waals surface area (Å²) >= 11 is 0. The third kappa shape index (κ3) is 3.25. The molecule has 82 valence electrons. The van der Waals surface area contributed by atoms with E-state index in [9.17, 15) is 4.79 Å². The summed E-state index contributed by atoms with van der Waals surface area (Å²) in [5, 5.41) is 11.7. The van der Waals surface area contributed by atoms with Crippen LogP contribution in [-0.4, -0.2) is 23.2 Å². The Morgan fingerprint density at radius 3 is 2.40 bits per heavy atom. The fourth-order valence-electron chi connectivity index (χ4n) is 1.05. The molecule has 0 fully saturated rings. The summed E-state index contributed by atoms with van der Waals surface area (Å²) in [5.74, 6) is -0.214. The van der Waals surface area contributed by atoms with E-state index in [0.29, 0.717) is 11.3 Å². The first-order valence-electron chi connectivity index (χ1n) is 4.73. The predicted molar refractivity (Wildman–Crippen MR) is 59.5 cm³/mol. The molecule has 4 nitrogen and oxygen atoms in total. The zero-order valence-corrected chi connectivity index (χ0v) is 8.95. The van der Waals surface area contributed by atoms with Gasteiger partial charge in [0.25, 0.3) is 5.91 Å². The van der Waals surface area contributed by atoms with Gasteiger partial charge in [-0.05, 0) is 38.1 Å². The summed E-state index contributed by atoms with van der Waals surface area (Å²) in [6.07, 6.45) is 0. The number of rotatable bonds is 3. The summed E-state index contributed by atoms with van der Waals surface area (Å²) in [5.41, 5.74) is 6.05. The van der Waals surface area contributed by atoms with Gasteiger partial charge in [-0.15, -0.1) is 0 Å². The maximum Gasteiger partial charge on any atom is 0.251 e. The van der Waals surface area contributed by atoms with Crippen molar-refractivity contribution in [2.75, 3.05) is 12.3 Å². The van der Waals surface area contributed by atoms with Gasteiger partial charge in [0.05, 0.1) is 12.1 Å². The summed E-state index contributed by atoms with van der Waals surface area (Å²) in [6, 6.07) is 6.64. The number of aliphatic hydroxyl groups is 1. The lowest BCUT2D eigenvalue weighted by Gasteiger charge is -2.23. The molecular formula is C11H16N2O2. The quantitative estimate of drug-likeness (QED) is 0.642. The SMILES string of the molecule is CC(C)(CO)NC(=O)c1ccc(N)cc1. The Hall–Kier alpha value is -1.55. The minimum Gasteiger partial charge on any atom is -0.399 e. The maximum absolute atomic E-state index is 11.7. The van der Waals surface area contributed by atoms with Gasteiger partial charge in [-0.3, -0.25) is 4.79 Å². The number of carbonyl (C=O) groups is 1. The van der Waals surface area contributed by atoms with Crippen LogP contribution in [0.4, 0.5) is 5.69 Å². The number of anilines is 1. The summed E-state index contributed by atoms with van der Waals surface area (Å²) < 4.78 is 0. The second-order valence-electron chi connectivity index (χ2n) is 4.12. The second-order valence-corrected chi connectivity index (χ2v) is 4.12. The highest BCUT2D eigenvalue weighted by molar-refractivity contribution is 5.94. The number of hydrogen-bond acceptors (Lipinski definition) is 3. The minimum atomic E-state index is -0.613. The van der Waals surface area contributed by atoms with Gasteiger partial charge in [-0.1, -0.05) is 0 Å². The molecule has 1 rings (SSSR count). The van der Waals surface area contributed by atoms with Crippen LogP contribution in [0.3, 0.4) is 0 Å². The molecule has 0 unspecified atom stereocenters. The Morgan fingerprint density at radius 2 is 1.93 bits per heavy atom. The Bertz CT molecular complexity index is 344. The number of nitrogens with one attached hydrogen (secondary N) is 1. The summed E-state index contributed by atoms with van der Waals surface area (Å²) in [7, 11) is 0. The Kier molecular flexibility index (Phi) is 3.31. The predicted octanol–water partition coefficient (Wildman–Crippen LogP) is 0.770. The van der Waals surface area contributed by atoms with Crippen LogP contribution in [0.1, 0.15) is 24.2 Å². The van der Waals surface area contributed by atoms with Crippen LogP contribution in [-0.2, 0) is 0 Å². The van der Waals surface area contributed by atoms with Crippen LogP contribution < -0.4 is 11.1 Å². The van der Waals surface area contributed by atoms with Crippen molar-refractivity contribution in [2.45, 2.75) is 19.4 Å². The molecule has 4 N–H and O–H groups in total. The topological polar surface area (TPSA) is 75.3 Å². The number of aliphatic hydroxyl groups excluding tert-OH is 1. The van der Waals surface area contributed by atoms with Crippen LogP contribution in [0, 0.1) is 0 Å². The normalized spacial score (nSPS) is 11.1. The van der Waals surface area contributed by atoms with E-state index >= 15 is 0 Å². The van der Waals surface area contributed by atoms with Gasteiger partial charge in [0.1, 0.15) is 0 Å². The molecule has 0 radical (unpaired) electrons. The molecule has 1 aromatic carbocycles. The van der Waals surface area contributed by atoms with Crippen molar-refractivity contribution in [1.82, 2.24) is 5.32 Å². The molecule has 0 atom stereocenters. The van der Waals surface area contributed by atoms with Crippen LogP contribution in [0.25, 0.3) is 0 Å². The first-order valence-corrected chi connectivity index (χ1v) is 4.73. The van der Waals surface area contributed by atoms with Crippen molar-refractivity contribution in [1.29, 1.82) is 0 Å². The Morgan fingerprint density at radius 1 is 1.40 bits per heavy atom. The second kappa shape index (κ2) is 4.31. The molecule has 0 aliphatic rings. The third-order valence-electron chi connectivity index (χ3n) is 2.02. The third-order valence-corrected chi connectivity index (χ3v) is 2.02. The van der Waals surface area contributed by atoms with Crippen molar-refractivity contribution >= 4 is 11.6 Å². The van der Waals surface area contributed by atoms with E-state index in [2.05, 4.69) is 5.32 Å². The van der Waals surface area contributed by atoms with Crippen molar-refractivity contribution in [2.24, 2.45) is 0 Å². The molecule has 4 heteroatoms. The molecule has 15 heavy (non-hydrogen) atoms. The highest BCUT2D eigenvalue weighted by atomic mass is 16.3. The number of benzene rings is 1. The van der Waals surface area contributed by atoms with Gasteiger partial charge < -0.3 is 16.2 Å². The van der Waals surface area contributed by atoms with E-state index in [-0.39, 0.29) is 12.5 Å². The van der Waals surface area contributed by atoms with Gasteiger partial charge in [-0.25, -0.2) is 0 Å². The summed E-state index contributed by atoms with van der Waals surface area (Å²) in [4.78, 5) is 11.7. The van der Waals surface area contributed by atoms with Gasteiger partial charge in [0.2, 0.25) is 0 Å². The van der Waals surface area contributed by atoms with E-state index in [4.69, 9.17) is 10.8 Å². The molecule has 0 spiro atoms. The Balaban J connectivity index is 2.74. The fraction of sp³-hybridized carbons (Fsp3) is 0.364. The first-order chi connectivity index (χ1) is 6.94. The zero-order valence-electron chi connectivity index (χ0n) is 8.95. The van der Waals surface area contributed by atoms with E-state index in [1.54, 1.807) is 38.1 Å². The molecule has 0 bridgehead atoms. The highest BCUT2D eigenvalue weighted by Crippen LogP contribution is 2.07. The number of amides is 1. The van der Waals surface area contributed by atoms with E-state index in [1.807, 2.05) is 0 Å². The number of nitrogens with two attached hydrogens (primary N) is 1. The van der Waals surface area contributed by atoms with E-state index in [1.165, 1.54) is 0 Å². The van der Waals surface area contributed by atoms with Crippen molar-refractivity contribution < 1.29 is 9.90 Å². The number of hydrogen-bond donors (Lipinski definition) is 3. The summed E-state index contributed by atoms with van der Waals surface area (Å²) in [6.45, 7) is 3.40. The van der Waals surface area contributed by atoms with Crippen molar-refractivity contribution in [3.8, 4) is 0 Å². The van der Waals surface area contributed by atoms with Crippen LogP contribution in [0.5, 0.6) is 0 Å². The standard InChI is InChI=1S/C11H16N2O2/c1-11(2,7-14)13-10(15)8-3-5-9(12)6-4-8/h3-6,14H,7,12H2,1-2H3,(H,13,15). The number of carbonyl (C=O) groups excluding carboxylic acids is 1. The largest absolute Gasteiger partial charge is 0.399 e. The van der Waals surface area contributed by atoms with E-state index in [0.717, 1.165) is 0 Å². The zero-order chi connectivity index (χ0) is 11.5. The molecular weight excluding hydrogens is 192 g/mol. The van der Waals surface area contributed by atoms with Crippen LogP contribution in [0.15, 0.2) is 24.3 Å². The van der Waals surface area contributed by atoms with E-state index < -0.39 is 5.54 Å². The molecule has 0 saturated carbocycles. The minimum absolute atomic E-state index is 0.103. The molecule has 1 amide bonds. The Labute approximate surface area is 89.1 Å².